The number of rotatable bonds is 3. The van der Waals surface area contributed by atoms with Gasteiger partial charge in [-0.25, -0.2) is 4.79 Å². The lowest BCUT2D eigenvalue weighted by Crippen LogP contribution is -2.54. The zero-order chi connectivity index (χ0) is 17.6. The summed E-state index contributed by atoms with van der Waals surface area (Å²) in [6.07, 6.45) is 2.31. The first-order chi connectivity index (χ1) is 12.2. The maximum atomic E-state index is 12.7. The number of urea groups is 1. The second-order valence-electron chi connectivity index (χ2n) is 6.60. The SMILES string of the molecule is CC[C@@H](NC(=O)N1CCc2ccccc2CC1)C(=O)N1CCOCC1. The number of ether oxygens (including phenoxy) is 1. The minimum atomic E-state index is -0.462. The molecule has 1 saturated heterocycles. The number of nitrogens with zero attached hydrogens (tertiary/aromatic N) is 2. The van der Waals surface area contributed by atoms with E-state index in [1.165, 1.54) is 11.1 Å². The van der Waals surface area contributed by atoms with Gasteiger partial charge in [0, 0.05) is 26.2 Å². The molecule has 3 amide bonds. The van der Waals surface area contributed by atoms with Crippen molar-refractivity contribution in [2.75, 3.05) is 39.4 Å². The highest BCUT2D eigenvalue weighted by Crippen LogP contribution is 2.15. The molecule has 1 aromatic carbocycles. The highest BCUT2D eigenvalue weighted by Gasteiger charge is 2.28. The standard InChI is InChI=1S/C19H27N3O3/c1-2-17(18(23)21-11-13-25-14-12-21)20-19(24)22-9-7-15-5-3-4-6-16(15)8-10-22/h3-6,17H,2,7-14H2,1H3,(H,20,24)/t17-/m1/s1. The van der Waals surface area contributed by atoms with Gasteiger partial charge in [0.05, 0.1) is 13.2 Å². The number of hydrogen-bond donors (Lipinski definition) is 1. The molecule has 2 aliphatic heterocycles. The van der Waals surface area contributed by atoms with Gasteiger partial charge in [0.15, 0.2) is 0 Å². The molecule has 0 unspecified atom stereocenters. The number of morpholine rings is 1. The Kier molecular flexibility index (Phi) is 5.91. The Labute approximate surface area is 149 Å². The third-order valence-electron chi connectivity index (χ3n) is 5.03. The highest BCUT2D eigenvalue weighted by atomic mass is 16.5. The number of nitrogens with one attached hydrogen (secondary N) is 1. The summed E-state index contributed by atoms with van der Waals surface area (Å²) >= 11 is 0. The Bertz CT molecular complexity index is 587. The Hall–Kier alpha value is -2.08. The van der Waals surface area contributed by atoms with Crippen LogP contribution < -0.4 is 5.32 Å². The largest absolute Gasteiger partial charge is 0.378 e. The zero-order valence-electron chi connectivity index (χ0n) is 14.9. The van der Waals surface area contributed by atoms with Crippen LogP contribution in [0.5, 0.6) is 0 Å². The first-order valence-corrected chi connectivity index (χ1v) is 9.17. The summed E-state index contributed by atoms with van der Waals surface area (Å²) in [6.45, 7) is 5.65. The summed E-state index contributed by atoms with van der Waals surface area (Å²) in [6, 6.07) is 7.75. The van der Waals surface area contributed by atoms with E-state index in [4.69, 9.17) is 4.74 Å². The lowest BCUT2D eigenvalue weighted by molar-refractivity contribution is -0.137. The molecule has 6 heteroatoms. The van der Waals surface area contributed by atoms with Crippen LogP contribution in [0.4, 0.5) is 4.79 Å². The van der Waals surface area contributed by atoms with Crippen LogP contribution in [-0.2, 0) is 22.4 Å². The van der Waals surface area contributed by atoms with Crippen molar-refractivity contribution in [3.63, 3.8) is 0 Å². The van der Waals surface area contributed by atoms with Crippen molar-refractivity contribution < 1.29 is 14.3 Å². The molecule has 0 bridgehead atoms. The predicted molar refractivity (Wildman–Crippen MR) is 95.4 cm³/mol. The summed E-state index contributed by atoms with van der Waals surface area (Å²) in [5, 5.41) is 2.94. The fourth-order valence-corrected chi connectivity index (χ4v) is 3.45. The van der Waals surface area contributed by atoms with Gasteiger partial charge in [-0.3, -0.25) is 4.79 Å². The Balaban J connectivity index is 1.58. The molecule has 0 aliphatic carbocycles. The number of benzene rings is 1. The normalized spacial score (nSPS) is 18.9. The molecule has 0 aromatic heterocycles. The molecule has 136 valence electrons. The molecule has 1 atom stereocenters. The summed E-state index contributed by atoms with van der Waals surface area (Å²) < 4.78 is 5.29. The van der Waals surface area contributed by atoms with Crippen molar-refractivity contribution in [1.82, 2.24) is 15.1 Å². The fraction of sp³-hybridized carbons (Fsp3) is 0.579. The highest BCUT2D eigenvalue weighted by molar-refractivity contribution is 5.87. The molecule has 1 aromatic rings. The lowest BCUT2D eigenvalue weighted by atomic mass is 10.0. The van der Waals surface area contributed by atoms with Crippen molar-refractivity contribution in [2.24, 2.45) is 0 Å². The summed E-state index contributed by atoms with van der Waals surface area (Å²) in [5.41, 5.74) is 2.63. The van der Waals surface area contributed by atoms with E-state index in [0.29, 0.717) is 45.8 Å². The molecule has 2 heterocycles. The third kappa shape index (κ3) is 4.31. The van der Waals surface area contributed by atoms with E-state index in [1.807, 2.05) is 24.0 Å². The number of fused-ring (bicyclic) bond motifs is 1. The van der Waals surface area contributed by atoms with Crippen LogP contribution in [0, 0.1) is 0 Å². The topological polar surface area (TPSA) is 61.9 Å². The summed E-state index contributed by atoms with van der Waals surface area (Å²) in [5.74, 6) is -0.00254. The maximum absolute atomic E-state index is 12.7. The van der Waals surface area contributed by atoms with Crippen molar-refractivity contribution in [3.8, 4) is 0 Å². The molecule has 2 aliphatic rings. The van der Waals surface area contributed by atoms with E-state index in [0.717, 1.165) is 12.8 Å². The zero-order valence-corrected chi connectivity index (χ0v) is 14.9. The van der Waals surface area contributed by atoms with Crippen LogP contribution in [0.25, 0.3) is 0 Å². The van der Waals surface area contributed by atoms with Crippen molar-refractivity contribution in [1.29, 1.82) is 0 Å². The molecule has 0 radical (unpaired) electrons. The van der Waals surface area contributed by atoms with Crippen LogP contribution in [0.1, 0.15) is 24.5 Å². The van der Waals surface area contributed by atoms with Crippen LogP contribution in [-0.4, -0.2) is 67.2 Å². The Morgan fingerprint density at radius 3 is 2.20 bits per heavy atom. The van der Waals surface area contributed by atoms with E-state index in [9.17, 15) is 9.59 Å². The monoisotopic (exact) mass is 345 g/mol. The second-order valence-corrected chi connectivity index (χ2v) is 6.60. The minimum absolute atomic E-state index is 0.00254. The molecule has 6 nitrogen and oxygen atoms in total. The van der Waals surface area contributed by atoms with Crippen LogP contribution in [0.3, 0.4) is 0 Å². The first-order valence-electron chi connectivity index (χ1n) is 9.17. The average molecular weight is 345 g/mol. The quantitative estimate of drug-likeness (QED) is 0.902. The minimum Gasteiger partial charge on any atom is -0.378 e. The van der Waals surface area contributed by atoms with Crippen LogP contribution in [0.15, 0.2) is 24.3 Å². The van der Waals surface area contributed by atoms with Crippen LogP contribution in [0.2, 0.25) is 0 Å². The van der Waals surface area contributed by atoms with Gasteiger partial charge in [0.2, 0.25) is 5.91 Å². The van der Waals surface area contributed by atoms with Gasteiger partial charge >= 0.3 is 6.03 Å². The molecular weight excluding hydrogens is 318 g/mol. The molecule has 1 N–H and O–H groups in total. The van der Waals surface area contributed by atoms with E-state index in [1.54, 1.807) is 4.90 Å². The first kappa shape index (κ1) is 17.7. The lowest BCUT2D eigenvalue weighted by Gasteiger charge is -2.31. The fourth-order valence-electron chi connectivity index (χ4n) is 3.45. The van der Waals surface area contributed by atoms with E-state index < -0.39 is 6.04 Å². The maximum Gasteiger partial charge on any atom is 0.318 e. The Morgan fingerprint density at radius 1 is 1.04 bits per heavy atom. The van der Waals surface area contributed by atoms with Gasteiger partial charge in [-0.2, -0.15) is 0 Å². The van der Waals surface area contributed by atoms with Crippen molar-refractivity contribution >= 4 is 11.9 Å². The van der Waals surface area contributed by atoms with Gasteiger partial charge in [-0.15, -0.1) is 0 Å². The molecule has 25 heavy (non-hydrogen) atoms. The average Bonchev–Trinajstić information content (AvgIpc) is 2.89. The van der Waals surface area contributed by atoms with Gasteiger partial charge in [0.25, 0.3) is 0 Å². The number of hydrogen-bond acceptors (Lipinski definition) is 3. The number of carbonyl (C=O) groups is 2. The summed E-state index contributed by atoms with van der Waals surface area (Å²) in [7, 11) is 0. The predicted octanol–water partition coefficient (Wildman–Crippen LogP) is 1.43. The molecular formula is C19H27N3O3. The van der Waals surface area contributed by atoms with Gasteiger partial charge < -0.3 is 19.9 Å². The van der Waals surface area contributed by atoms with Gasteiger partial charge in [-0.1, -0.05) is 31.2 Å². The number of amides is 3. The van der Waals surface area contributed by atoms with Gasteiger partial charge in [0.1, 0.15) is 6.04 Å². The molecule has 0 spiro atoms. The van der Waals surface area contributed by atoms with Gasteiger partial charge in [-0.05, 0) is 30.4 Å². The molecule has 0 saturated carbocycles. The van der Waals surface area contributed by atoms with E-state index in [2.05, 4.69) is 17.4 Å². The molecule has 3 rings (SSSR count). The second kappa shape index (κ2) is 8.34. The third-order valence-corrected chi connectivity index (χ3v) is 5.03. The van der Waals surface area contributed by atoms with Crippen molar-refractivity contribution in [2.45, 2.75) is 32.2 Å². The van der Waals surface area contributed by atoms with E-state index in [-0.39, 0.29) is 11.9 Å². The summed E-state index contributed by atoms with van der Waals surface area (Å²) in [4.78, 5) is 28.9. The van der Waals surface area contributed by atoms with Crippen molar-refractivity contribution in [3.05, 3.63) is 35.4 Å². The smallest absolute Gasteiger partial charge is 0.318 e. The van der Waals surface area contributed by atoms with Crippen LogP contribution >= 0.6 is 0 Å². The number of carbonyl (C=O) groups excluding carboxylic acids is 2. The molecule has 1 fully saturated rings. The Morgan fingerprint density at radius 2 is 1.64 bits per heavy atom. The van der Waals surface area contributed by atoms with E-state index >= 15 is 0 Å².